The zero-order chi connectivity index (χ0) is 18.6. The number of urea groups is 1. The van der Waals surface area contributed by atoms with Crippen molar-refractivity contribution in [2.24, 2.45) is 0 Å². The van der Waals surface area contributed by atoms with Crippen molar-refractivity contribution in [1.29, 1.82) is 0 Å². The first kappa shape index (κ1) is 17.1. The van der Waals surface area contributed by atoms with Gasteiger partial charge >= 0.3 is 11.7 Å². The normalized spacial score (nSPS) is 16.9. The highest BCUT2D eigenvalue weighted by molar-refractivity contribution is 5.99. The summed E-state index contributed by atoms with van der Waals surface area (Å²) < 4.78 is 0. The standard InChI is InChI=1S/C20H21N5O2/c26-19-21-18(22-23-19)15-8-7-13-24(14-15)20(27)25(16-9-3-1-4-10-16)17-11-5-2-6-12-17/h1-6,9-12,15H,7-8,13-14H2,(H2,21,22,23,26). The molecule has 0 spiro atoms. The number of rotatable bonds is 3. The maximum atomic E-state index is 13.4. The maximum Gasteiger partial charge on any atom is 0.340 e. The van der Waals surface area contributed by atoms with Gasteiger partial charge in [0.25, 0.3) is 0 Å². The fourth-order valence-corrected chi connectivity index (χ4v) is 3.52. The number of para-hydroxylation sites is 2. The highest BCUT2D eigenvalue weighted by Gasteiger charge is 2.30. The molecule has 4 rings (SSSR count). The molecule has 1 aliphatic rings. The average Bonchev–Trinajstić information content (AvgIpc) is 3.16. The Morgan fingerprint density at radius 1 is 1.04 bits per heavy atom. The predicted octanol–water partition coefficient (Wildman–Crippen LogP) is 3.24. The maximum absolute atomic E-state index is 13.4. The largest absolute Gasteiger partial charge is 0.340 e. The van der Waals surface area contributed by atoms with Crippen LogP contribution in [-0.4, -0.2) is 39.2 Å². The Labute approximate surface area is 156 Å². The van der Waals surface area contributed by atoms with Crippen LogP contribution in [0.2, 0.25) is 0 Å². The van der Waals surface area contributed by atoms with Gasteiger partial charge in [0.2, 0.25) is 0 Å². The van der Waals surface area contributed by atoms with Gasteiger partial charge in [0.15, 0.2) is 0 Å². The number of carbonyl (C=O) groups excluding carboxylic acids is 1. The van der Waals surface area contributed by atoms with Crippen molar-refractivity contribution < 1.29 is 4.79 Å². The summed E-state index contributed by atoms with van der Waals surface area (Å²) in [4.78, 5) is 31.1. The van der Waals surface area contributed by atoms with E-state index in [1.807, 2.05) is 65.6 Å². The van der Waals surface area contributed by atoms with E-state index in [1.54, 1.807) is 4.90 Å². The van der Waals surface area contributed by atoms with Gasteiger partial charge in [-0.1, -0.05) is 36.4 Å². The molecule has 0 saturated carbocycles. The number of carbonyl (C=O) groups is 1. The Morgan fingerprint density at radius 2 is 1.67 bits per heavy atom. The van der Waals surface area contributed by atoms with Crippen molar-refractivity contribution in [2.75, 3.05) is 18.0 Å². The Hall–Kier alpha value is -3.35. The highest BCUT2D eigenvalue weighted by Crippen LogP contribution is 2.30. The average molecular weight is 363 g/mol. The zero-order valence-corrected chi connectivity index (χ0v) is 14.8. The molecule has 1 aliphatic heterocycles. The summed E-state index contributed by atoms with van der Waals surface area (Å²) in [5.41, 5.74) is 1.33. The molecular formula is C20H21N5O2. The van der Waals surface area contributed by atoms with Gasteiger partial charge in [0.1, 0.15) is 5.82 Å². The van der Waals surface area contributed by atoms with Crippen molar-refractivity contribution in [1.82, 2.24) is 20.1 Å². The Kier molecular flexibility index (Phi) is 4.74. The lowest BCUT2D eigenvalue weighted by molar-refractivity contribution is 0.187. The van der Waals surface area contributed by atoms with E-state index in [-0.39, 0.29) is 17.6 Å². The SMILES string of the molecule is O=C(N1CCCC(c2n[nH]c(=O)[nH]2)C1)N(c1ccccc1)c1ccccc1. The van der Waals surface area contributed by atoms with Crippen LogP contribution in [0.4, 0.5) is 16.2 Å². The second-order valence-corrected chi connectivity index (χ2v) is 6.64. The van der Waals surface area contributed by atoms with E-state index in [1.165, 1.54) is 0 Å². The van der Waals surface area contributed by atoms with E-state index in [2.05, 4.69) is 15.2 Å². The number of nitrogens with one attached hydrogen (secondary N) is 2. The summed E-state index contributed by atoms with van der Waals surface area (Å²) >= 11 is 0. The van der Waals surface area contributed by atoms with E-state index in [0.717, 1.165) is 24.2 Å². The fourth-order valence-electron chi connectivity index (χ4n) is 3.52. The second kappa shape index (κ2) is 7.49. The van der Waals surface area contributed by atoms with Gasteiger partial charge in [-0.25, -0.2) is 14.7 Å². The molecule has 138 valence electrons. The molecule has 1 saturated heterocycles. The first-order valence-electron chi connectivity index (χ1n) is 9.06. The monoisotopic (exact) mass is 363 g/mol. The number of anilines is 2. The third-order valence-electron chi connectivity index (χ3n) is 4.82. The minimum Gasteiger partial charge on any atom is -0.323 e. The van der Waals surface area contributed by atoms with Gasteiger partial charge in [-0.15, -0.1) is 0 Å². The molecule has 2 heterocycles. The number of aromatic nitrogens is 3. The van der Waals surface area contributed by atoms with E-state index in [9.17, 15) is 9.59 Å². The number of nitrogens with zero attached hydrogens (tertiary/aromatic N) is 3. The lowest BCUT2D eigenvalue weighted by Gasteiger charge is -2.35. The predicted molar refractivity (Wildman–Crippen MR) is 103 cm³/mol. The molecule has 1 aromatic heterocycles. The van der Waals surface area contributed by atoms with E-state index >= 15 is 0 Å². The highest BCUT2D eigenvalue weighted by atomic mass is 16.2. The topological polar surface area (TPSA) is 85.1 Å². The van der Waals surface area contributed by atoms with Crippen LogP contribution in [0.25, 0.3) is 0 Å². The molecule has 0 bridgehead atoms. The van der Waals surface area contributed by atoms with Crippen LogP contribution < -0.4 is 10.6 Å². The Morgan fingerprint density at radius 3 is 2.22 bits per heavy atom. The van der Waals surface area contributed by atoms with Crippen LogP contribution in [0.1, 0.15) is 24.6 Å². The Balaban J connectivity index is 1.62. The first-order valence-corrected chi connectivity index (χ1v) is 9.06. The van der Waals surface area contributed by atoms with Crippen LogP contribution in [0.15, 0.2) is 65.5 Å². The van der Waals surface area contributed by atoms with Crippen LogP contribution in [0.3, 0.4) is 0 Å². The fraction of sp³-hybridized carbons (Fsp3) is 0.250. The van der Waals surface area contributed by atoms with Crippen molar-refractivity contribution in [2.45, 2.75) is 18.8 Å². The molecule has 7 nitrogen and oxygen atoms in total. The van der Waals surface area contributed by atoms with E-state index in [0.29, 0.717) is 18.9 Å². The number of benzene rings is 2. The van der Waals surface area contributed by atoms with Crippen LogP contribution in [0.5, 0.6) is 0 Å². The molecule has 2 amide bonds. The van der Waals surface area contributed by atoms with Gasteiger partial charge in [-0.05, 0) is 37.1 Å². The number of H-pyrrole nitrogens is 2. The minimum atomic E-state index is -0.316. The molecule has 1 unspecified atom stereocenters. The molecule has 0 radical (unpaired) electrons. The van der Waals surface area contributed by atoms with E-state index < -0.39 is 0 Å². The summed E-state index contributed by atoms with van der Waals surface area (Å²) in [7, 11) is 0. The smallest absolute Gasteiger partial charge is 0.323 e. The van der Waals surface area contributed by atoms with Crippen molar-refractivity contribution in [3.63, 3.8) is 0 Å². The molecule has 0 aliphatic carbocycles. The summed E-state index contributed by atoms with van der Waals surface area (Å²) in [6.07, 6.45) is 1.75. The van der Waals surface area contributed by atoms with Crippen LogP contribution >= 0.6 is 0 Å². The van der Waals surface area contributed by atoms with Crippen molar-refractivity contribution in [3.05, 3.63) is 77.0 Å². The lowest BCUT2D eigenvalue weighted by atomic mass is 9.97. The molecule has 1 atom stereocenters. The molecule has 2 aromatic carbocycles. The quantitative estimate of drug-likeness (QED) is 0.749. The number of likely N-dealkylation sites (tertiary alicyclic amines) is 1. The molecule has 1 fully saturated rings. The summed E-state index contributed by atoms with van der Waals surface area (Å²) in [6.45, 7) is 1.20. The van der Waals surface area contributed by atoms with Gasteiger partial charge in [0.05, 0.1) is 11.4 Å². The third kappa shape index (κ3) is 3.62. The van der Waals surface area contributed by atoms with Crippen LogP contribution in [0, 0.1) is 0 Å². The number of amides is 2. The van der Waals surface area contributed by atoms with Gasteiger partial charge in [-0.2, -0.15) is 5.10 Å². The van der Waals surface area contributed by atoms with Crippen LogP contribution in [-0.2, 0) is 0 Å². The lowest BCUT2D eigenvalue weighted by Crippen LogP contribution is -2.45. The molecule has 2 N–H and O–H groups in total. The minimum absolute atomic E-state index is 0.0232. The van der Waals surface area contributed by atoms with Gasteiger partial charge < -0.3 is 4.90 Å². The molecule has 7 heteroatoms. The number of aromatic amines is 2. The summed E-state index contributed by atoms with van der Waals surface area (Å²) in [5, 5.41) is 6.46. The number of piperidine rings is 1. The van der Waals surface area contributed by atoms with Gasteiger partial charge in [0, 0.05) is 19.0 Å². The Bertz CT molecular complexity index is 912. The molecular weight excluding hydrogens is 342 g/mol. The number of hydrogen-bond acceptors (Lipinski definition) is 3. The summed E-state index contributed by atoms with van der Waals surface area (Å²) in [5.74, 6) is 0.638. The first-order chi connectivity index (χ1) is 13.2. The molecule has 3 aromatic rings. The van der Waals surface area contributed by atoms with E-state index in [4.69, 9.17) is 0 Å². The third-order valence-corrected chi connectivity index (χ3v) is 4.82. The van der Waals surface area contributed by atoms with Gasteiger partial charge in [-0.3, -0.25) is 9.88 Å². The van der Waals surface area contributed by atoms with Crippen molar-refractivity contribution in [3.8, 4) is 0 Å². The summed E-state index contributed by atoms with van der Waals surface area (Å²) in [6, 6.07) is 19.2. The molecule has 27 heavy (non-hydrogen) atoms. The second-order valence-electron chi connectivity index (χ2n) is 6.64. The number of hydrogen-bond donors (Lipinski definition) is 2. The van der Waals surface area contributed by atoms with Crippen molar-refractivity contribution >= 4 is 17.4 Å². The zero-order valence-electron chi connectivity index (χ0n) is 14.8.